The van der Waals surface area contributed by atoms with Crippen LogP contribution >= 0.6 is 0 Å². The van der Waals surface area contributed by atoms with Gasteiger partial charge >= 0.3 is 12.4 Å². The van der Waals surface area contributed by atoms with Crippen molar-refractivity contribution in [3.63, 3.8) is 0 Å². The molecule has 0 bridgehead atoms. The monoisotopic (exact) mass is 504 g/mol. The lowest BCUT2D eigenvalue weighted by Gasteiger charge is -2.11. The summed E-state index contributed by atoms with van der Waals surface area (Å²) in [6.07, 6.45) is -9.26. The van der Waals surface area contributed by atoms with E-state index in [-0.39, 0.29) is 15.4 Å². The van der Waals surface area contributed by atoms with Crippen molar-refractivity contribution in [3.8, 4) is 0 Å². The van der Waals surface area contributed by atoms with E-state index in [1.165, 1.54) is 24.3 Å². The van der Waals surface area contributed by atoms with Gasteiger partial charge in [-0.3, -0.25) is 0 Å². The maximum atomic E-state index is 13.1. The molecule has 1 atom stereocenters. The maximum absolute atomic E-state index is 13.1. The maximum Gasteiger partial charge on any atom is 0.416 e. The largest absolute Gasteiger partial charge is 0.416 e. The third-order valence-corrected chi connectivity index (χ3v) is 7.50. The van der Waals surface area contributed by atoms with Crippen molar-refractivity contribution in [1.29, 1.82) is 0 Å². The zero-order chi connectivity index (χ0) is 24.4. The van der Waals surface area contributed by atoms with Crippen LogP contribution in [0.1, 0.15) is 16.7 Å². The summed E-state index contributed by atoms with van der Waals surface area (Å²) < 4.78 is 116. The first-order chi connectivity index (χ1) is 15.3. The molecule has 0 radical (unpaired) electrons. The number of hydrogen-bond donors (Lipinski definition) is 0. The van der Waals surface area contributed by atoms with Gasteiger partial charge in [-0.05, 0) is 54.1 Å². The summed E-state index contributed by atoms with van der Waals surface area (Å²) in [6, 6.07) is 13.8. The number of rotatable bonds is 5. The molecule has 0 spiro atoms. The van der Waals surface area contributed by atoms with Crippen LogP contribution in [0.5, 0.6) is 0 Å². The second kappa shape index (κ2) is 9.14. The third kappa shape index (κ3) is 5.91. The molecule has 174 valence electrons. The number of halogens is 6. The highest BCUT2D eigenvalue weighted by Crippen LogP contribution is 2.33. The normalized spacial score (nSPS) is 14.2. The summed E-state index contributed by atoms with van der Waals surface area (Å²) in [4.78, 5) is -0.788. The van der Waals surface area contributed by atoms with Gasteiger partial charge < -0.3 is 0 Å². The topological polar surface area (TPSA) is 51.2 Å². The van der Waals surface area contributed by atoms with Crippen LogP contribution in [0.25, 0.3) is 4.91 Å². The summed E-state index contributed by atoms with van der Waals surface area (Å²) in [5.41, 5.74) is -1.79. The Hall–Kier alpha value is -2.92. The fraction of sp³-hybridized carbons (Fsp3) is 0.0909. The molecule has 33 heavy (non-hydrogen) atoms. The zero-order valence-corrected chi connectivity index (χ0v) is 18.0. The van der Waals surface area contributed by atoms with E-state index in [2.05, 4.69) is 0 Å². The summed E-state index contributed by atoms with van der Waals surface area (Å²) in [5.74, 6) is 0. The molecule has 0 aliphatic heterocycles. The molecule has 0 aliphatic carbocycles. The first-order valence-corrected chi connectivity index (χ1v) is 11.8. The SMILES string of the molecule is O=S(/C(=C/S(=O)(=O)c1ccc(C(F)(F)F)cc1)c1ccccc1)c1ccc(C(F)(F)F)cc1. The van der Waals surface area contributed by atoms with Crippen molar-refractivity contribution in [2.24, 2.45) is 0 Å². The van der Waals surface area contributed by atoms with Gasteiger partial charge in [0, 0.05) is 4.90 Å². The highest BCUT2D eigenvalue weighted by molar-refractivity contribution is 7.99. The molecular formula is C22H14F6O3S2. The van der Waals surface area contributed by atoms with Crippen LogP contribution in [0.4, 0.5) is 26.3 Å². The van der Waals surface area contributed by atoms with Crippen molar-refractivity contribution in [3.05, 3.63) is 101 Å². The minimum atomic E-state index is -4.66. The summed E-state index contributed by atoms with van der Waals surface area (Å²) in [7, 11) is -6.57. The van der Waals surface area contributed by atoms with Crippen LogP contribution in [0, 0.1) is 0 Å². The third-order valence-electron chi connectivity index (χ3n) is 4.43. The second-order valence-electron chi connectivity index (χ2n) is 6.71. The van der Waals surface area contributed by atoms with Crippen molar-refractivity contribution in [1.82, 2.24) is 0 Å². The number of alkyl halides is 6. The van der Waals surface area contributed by atoms with Gasteiger partial charge in [0.15, 0.2) is 0 Å². The molecule has 0 N–H and O–H groups in total. The molecule has 0 aliphatic rings. The van der Waals surface area contributed by atoms with E-state index in [4.69, 9.17) is 0 Å². The van der Waals surface area contributed by atoms with E-state index in [0.717, 1.165) is 36.4 Å². The van der Waals surface area contributed by atoms with Crippen molar-refractivity contribution >= 4 is 25.5 Å². The first kappa shape index (κ1) is 24.7. The van der Waals surface area contributed by atoms with Gasteiger partial charge in [0.2, 0.25) is 9.84 Å². The zero-order valence-electron chi connectivity index (χ0n) is 16.4. The minimum Gasteiger partial charge on any atom is -0.249 e. The van der Waals surface area contributed by atoms with Crippen molar-refractivity contribution in [2.45, 2.75) is 22.1 Å². The van der Waals surface area contributed by atoms with Crippen molar-refractivity contribution in [2.75, 3.05) is 0 Å². The molecule has 3 aromatic rings. The average Bonchev–Trinajstić information content (AvgIpc) is 2.77. The Labute approximate surface area is 187 Å². The van der Waals surface area contributed by atoms with Gasteiger partial charge in [-0.25, -0.2) is 12.6 Å². The van der Waals surface area contributed by atoms with E-state index in [0.29, 0.717) is 17.5 Å². The van der Waals surface area contributed by atoms with Crippen molar-refractivity contribution < 1.29 is 39.0 Å². The van der Waals surface area contributed by atoms with Crippen LogP contribution in [-0.4, -0.2) is 12.6 Å². The second-order valence-corrected chi connectivity index (χ2v) is 9.95. The lowest BCUT2D eigenvalue weighted by molar-refractivity contribution is -0.138. The summed E-state index contributed by atoms with van der Waals surface area (Å²) in [5, 5.41) is 0.651. The van der Waals surface area contributed by atoms with Gasteiger partial charge in [0.05, 0.1) is 37.1 Å². The Balaban J connectivity index is 2.06. The standard InChI is InChI=1S/C22H14F6O3S2/c23-21(24,25)16-6-10-18(11-7-16)32(29)20(15-4-2-1-3-5-15)14-33(30,31)19-12-8-17(9-13-19)22(26,27)28/h1-14H/b20-14+. The van der Waals surface area contributed by atoms with E-state index >= 15 is 0 Å². The molecule has 3 nitrogen and oxygen atoms in total. The Morgan fingerprint density at radius 2 is 1.15 bits per heavy atom. The predicted molar refractivity (Wildman–Crippen MR) is 111 cm³/mol. The minimum absolute atomic E-state index is 0.0827. The van der Waals surface area contributed by atoms with Crippen LogP contribution in [0.15, 0.2) is 94.1 Å². The van der Waals surface area contributed by atoms with E-state index in [9.17, 15) is 39.0 Å². The average molecular weight is 504 g/mol. The lowest BCUT2D eigenvalue weighted by Crippen LogP contribution is -2.07. The lowest BCUT2D eigenvalue weighted by atomic mass is 10.2. The van der Waals surface area contributed by atoms with Gasteiger partial charge in [-0.2, -0.15) is 26.3 Å². The molecular weight excluding hydrogens is 490 g/mol. The molecule has 0 saturated carbocycles. The van der Waals surface area contributed by atoms with Gasteiger partial charge in [0.25, 0.3) is 0 Å². The smallest absolute Gasteiger partial charge is 0.249 e. The molecule has 0 saturated heterocycles. The Morgan fingerprint density at radius 3 is 1.61 bits per heavy atom. The first-order valence-electron chi connectivity index (χ1n) is 9.07. The van der Waals surface area contributed by atoms with Crippen LogP contribution in [0.3, 0.4) is 0 Å². The Kier molecular flexibility index (Phi) is 6.85. The Bertz CT molecular complexity index is 1280. The summed E-state index contributed by atoms with van der Waals surface area (Å²) in [6.45, 7) is 0. The number of sulfone groups is 1. The van der Waals surface area contributed by atoms with Gasteiger partial charge in [0.1, 0.15) is 0 Å². The van der Waals surface area contributed by atoms with E-state index < -0.39 is 49.0 Å². The molecule has 0 fully saturated rings. The number of benzene rings is 3. The summed E-state index contributed by atoms with van der Waals surface area (Å²) >= 11 is 0. The van der Waals surface area contributed by atoms with E-state index in [1.807, 2.05) is 0 Å². The molecule has 1 unspecified atom stereocenters. The fourth-order valence-electron chi connectivity index (χ4n) is 2.76. The molecule has 0 heterocycles. The number of hydrogen-bond acceptors (Lipinski definition) is 3. The molecule has 11 heteroatoms. The van der Waals surface area contributed by atoms with Crippen LogP contribution < -0.4 is 0 Å². The Morgan fingerprint density at radius 1 is 0.697 bits per heavy atom. The highest BCUT2D eigenvalue weighted by Gasteiger charge is 2.31. The van der Waals surface area contributed by atoms with Gasteiger partial charge in [-0.1, -0.05) is 30.3 Å². The quantitative estimate of drug-likeness (QED) is 0.383. The fourth-order valence-corrected chi connectivity index (χ4v) is 5.54. The molecule has 0 amide bonds. The molecule has 0 aromatic heterocycles. The van der Waals surface area contributed by atoms with Gasteiger partial charge in [-0.15, -0.1) is 0 Å². The van der Waals surface area contributed by atoms with E-state index in [1.54, 1.807) is 6.07 Å². The van der Waals surface area contributed by atoms with Crippen LogP contribution in [0.2, 0.25) is 0 Å². The molecule has 3 aromatic carbocycles. The highest BCUT2D eigenvalue weighted by atomic mass is 32.2. The molecule has 3 rings (SSSR count). The predicted octanol–water partition coefficient (Wildman–Crippen LogP) is 6.30. The van der Waals surface area contributed by atoms with Crippen LogP contribution in [-0.2, 0) is 33.0 Å².